The van der Waals surface area contributed by atoms with Gasteiger partial charge in [-0.2, -0.15) is 0 Å². The third-order valence-electron chi connectivity index (χ3n) is 8.71. The number of fused-ring (bicyclic) bond motifs is 3. The smallest absolute Gasteiger partial charge is 0.335 e. The number of cyclic esters (lactones) is 1. The molecule has 0 spiro atoms. The largest absolute Gasteiger partial charge is 0.493 e. The molecule has 1 N–H and O–H groups in total. The first-order valence-electron chi connectivity index (χ1n) is 14.6. The number of benzene rings is 3. The number of carbonyl (C=O) groups is 2. The van der Waals surface area contributed by atoms with E-state index in [-0.39, 0.29) is 37.5 Å². The van der Waals surface area contributed by atoms with Gasteiger partial charge in [-0.1, -0.05) is 17.3 Å². The lowest BCUT2D eigenvalue weighted by molar-refractivity contribution is -0.141. The fraction of sp³-hybridized carbons (Fsp3) is 0.333. The maximum atomic E-state index is 13.4. The Labute approximate surface area is 263 Å². The minimum Gasteiger partial charge on any atom is -0.493 e. The highest BCUT2D eigenvalue weighted by molar-refractivity contribution is 5.87. The van der Waals surface area contributed by atoms with Gasteiger partial charge >= 0.3 is 11.9 Å². The van der Waals surface area contributed by atoms with Crippen LogP contribution in [0.2, 0.25) is 0 Å². The lowest BCUT2D eigenvalue weighted by Gasteiger charge is -2.39. The maximum Gasteiger partial charge on any atom is 0.335 e. The zero-order valence-corrected chi connectivity index (χ0v) is 25.3. The second-order valence-electron chi connectivity index (χ2n) is 11.2. The predicted octanol–water partition coefficient (Wildman–Crippen LogP) is 3.97. The topological polar surface area (TPSA) is 150 Å². The Morgan fingerprint density at radius 2 is 1.65 bits per heavy atom. The number of rotatable bonds is 10. The molecule has 13 nitrogen and oxygen atoms in total. The molecule has 3 aliphatic rings. The van der Waals surface area contributed by atoms with Gasteiger partial charge in [0.25, 0.3) is 0 Å². The number of ether oxygens (including phenoxy) is 7. The molecule has 0 saturated carbocycles. The summed E-state index contributed by atoms with van der Waals surface area (Å²) < 4.78 is 42.2. The first-order chi connectivity index (χ1) is 22.4. The fourth-order valence-electron chi connectivity index (χ4n) is 6.60. The van der Waals surface area contributed by atoms with Crippen LogP contribution in [0.4, 0.5) is 0 Å². The summed E-state index contributed by atoms with van der Waals surface area (Å²) in [6.07, 6.45) is 1.26. The molecule has 2 aliphatic heterocycles. The average molecular weight is 630 g/mol. The lowest BCUT2D eigenvalue weighted by Crippen LogP contribution is -2.35. The quantitative estimate of drug-likeness (QED) is 0.253. The molecule has 0 unspecified atom stereocenters. The molecule has 4 atom stereocenters. The number of hydrogen-bond donors (Lipinski definition) is 1. The average Bonchev–Trinajstić information content (AvgIpc) is 3.82. The van der Waals surface area contributed by atoms with Crippen LogP contribution in [0.25, 0.3) is 0 Å². The highest BCUT2D eigenvalue weighted by atomic mass is 16.7. The Hall–Kier alpha value is -5.30. The number of methoxy groups -OCH3 is 3. The molecule has 3 aromatic carbocycles. The first-order valence-corrected chi connectivity index (χ1v) is 14.6. The third kappa shape index (κ3) is 5.11. The number of esters is 1. The van der Waals surface area contributed by atoms with Crippen LogP contribution in [0, 0.1) is 11.8 Å². The maximum absolute atomic E-state index is 13.4. The predicted molar refractivity (Wildman–Crippen MR) is 159 cm³/mol. The molecule has 238 valence electrons. The van der Waals surface area contributed by atoms with E-state index in [1.165, 1.54) is 0 Å². The van der Waals surface area contributed by atoms with Crippen LogP contribution in [-0.2, 0) is 27.4 Å². The van der Waals surface area contributed by atoms with Crippen LogP contribution < -0.4 is 23.7 Å². The lowest BCUT2D eigenvalue weighted by atomic mass is 9.66. The number of hydrogen-bond acceptors (Lipinski definition) is 11. The van der Waals surface area contributed by atoms with Crippen molar-refractivity contribution in [3.05, 3.63) is 88.2 Å². The molecule has 0 radical (unpaired) electrons. The van der Waals surface area contributed by atoms with Crippen LogP contribution in [0.1, 0.15) is 50.3 Å². The van der Waals surface area contributed by atoms with E-state index >= 15 is 0 Å². The Morgan fingerprint density at radius 3 is 2.30 bits per heavy atom. The van der Waals surface area contributed by atoms with Gasteiger partial charge in [0, 0.05) is 11.8 Å². The van der Waals surface area contributed by atoms with Crippen LogP contribution >= 0.6 is 0 Å². The normalized spacial score (nSPS) is 20.9. The standard InChI is InChI=1S/C33H31N3O10/c1-40-26-8-19(9-27(41-2)31(26)42-3)28-21-10-24-25(46-16-45-24)11-22(21)30(23-15-44-33(39)29(23)28)43-14-20-13-36(35-34-20)12-17-4-6-18(7-5-17)32(37)38/h4-11,13,23,28-30H,12,14-16H2,1-3H3,(H,37,38)/t23-,28+,29-,30+/m0/s1. The number of aromatic carboxylic acids is 1. The Kier molecular flexibility index (Phi) is 7.61. The molecule has 1 saturated heterocycles. The van der Waals surface area contributed by atoms with Crippen molar-refractivity contribution in [2.75, 3.05) is 34.7 Å². The molecule has 1 fully saturated rings. The van der Waals surface area contributed by atoms with Crippen molar-refractivity contribution in [3.8, 4) is 28.7 Å². The minimum absolute atomic E-state index is 0.0929. The van der Waals surface area contributed by atoms with Crippen LogP contribution in [0.15, 0.2) is 54.7 Å². The minimum atomic E-state index is -0.980. The van der Waals surface area contributed by atoms with Crippen LogP contribution in [0.5, 0.6) is 28.7 Å². The van der Waals surface area contributed by atoms with E-state index in [1.54, 1.807) is 56.5 Å². The number of nitrogens with zero attached hydrogens (tertiary/aromatic N) is 3. The molecule has 13 heteroatoms. The van der Waals surface area contributed by atoms with Gasteiger partial charge < -0.3 is 38.3 Å². The van der Waals surface area contributed by atoms with Crippen molar-refractivity contribution in [1.29, 1.82) is 0 Å². The number of aromatic nitrogens is 3. The zero-order chi connectivity index (χ0) is 31.9. The number of carbonyl (C=O) groups excluding carboxylic acids is 1. The summed E-state index contributed by atoms with van der Waals surface area (Å²) in [6.45, 7) is 0.812. The summed E-state index contributed by atoms with van der Waals surface area (Å²) in [6, 6.07) is 14.1. The van der Waals surface area contributed by atoms with Gasteiger partial charge in [0.15, 0.2) is 23.0 Å². The zero-order valence-electron chi connectivity index (χ0n) is 25.3. The Balaban J connectivity index is 1.21. The van der Waals surface area contributed by atoms with Crippen molar-refractivity contribution in [2.45, 2.75) is 25.2 Å². The van der Waals surface area contributed by atoms with E-state index in [0.29, 0.717) is 41.0 Å². The molecule has 0 bridgehead atoms. The van der Waals surface area contributed by atoms with E-state index in [2.05, 4.69) is 10.3 Å². The summed E-state index contributed by atoms with van der Waals surface area (Å²) in [5.41, 5.74) is 4.18. The molecule has 1 aromatic heterocycles. The van der Waals surface area contributed by atoms with Crippen molar-refractivity contribution in [1.82, 2.24) is 15.0 Å². The second kappa shape index (κ2) is 11.9. The SMILES string of the molecule is COc1cc([C@@H]2c3cc4c(cc3[C@@H](OCc3cn(Cc5ccc(C(=O)O)cc5)nn3)[C@H]3COC(=O)[C@H]23)OCO4)cc(OC)c1OC. The first kappa shape index (κ1) is 29.4. The summed E-state index contributed by atoms with van der Waals surface area (Å²) >= 11 is 0. The van der Waals surface area contributed by atoms with Gasteiger partial charge in [0.1, 0.15) is 5.69 Å². The van der Waals surface area contributed by atoms with Crippen molar-refractivity contribution in [3.63, 3.8) is 0 Å². The summed E-state index contributed by atoms with van der Waals surface area (Å²) in [5.74, 6) is -0.0234. The van der Waals surface area contributed by atoms with Gasteiger partial charge in [-0.25, -0.2) is 9.48 Å². The number of carboxylic acid groups (broad SMARTS) is 1. The highest BCUT2D eigenvalue weighted by Gasteiger charge is 2.53. The van der Waals surface area contributed by atoms with Gasteiger partial charge in [-0.05, 0) is 58.7 Å². The molecule has 7 rings (SSSR count). The van der Waals surface area contributed by atoms with E-state index in [0.717, 1.165) is 22.3 Å². The summed E-state index contributed by atoms with van der Waals surface area (Å²) in [5, 5.41) is 17.7. The van der Waals surface area contributed by atoms with E-state index in [9.17, 15) is 9.59 Å². The van der Waals surface area contributed by atoms with Gasteiger partial charge in [-0.15, -0.1) is 5.10 Å². The molecular weight excluding hydrogens is 598 g/mol. The van der Waals surface area contributed by atoms with E-state index in [4.69, 9.17) is 38.3 Å². The second-order valence-corrected chi connectivity index (χ2v) is 11.2. The van der Waals surface area contributed by atoms with Crippen LogP contribution in [0.3, 0.4) is 0 Å². The van der Waals surface area contributed by atoms with Gasteiger partial charge in [-0.3, -0.25) is 4.79 Å². The summed E-state index contributed by atoms with van der Waals surface area (Å²) in [4.78, 5) is 24.6. The molecule has 3 heterocycles. The van der Waals surface area contributed by atoms with Crippen molar-refractivity contribution in [2.24, 2.45) is 11.8 Å². The summed E-state index contributed by atoms with van der Waals surface area (Å²) in [7, 11) is 4.64. The van der Waals surface area contributed by atoms with Gasteiger partial charge in [0.05, 0.1) is 64.9 Å². The van der Waals surface area contributed by atoms with Crippen molar-refractivity contribution < 1.29 is 47.9 Å². The Morgan fingerprint density at radius 1 is 0.957 bits per heavy atom. The van der Waals surface area contributed by atoms with E-state index < -0.39 is 23.9 Å². The van der Waals surface area contributed by atoms with Gasteiger partial charge in [0.2, 0.25) is 12.5 Å². The van der Waals surface area contributed by atoms with Crippen molar-refractivity contribution >= 4 is 11.9 Å². The molecule has 1 aliphatic carbocycles. The van der Waals surface area contributed by atoms with Crippen LogP contribution in [-0.4, -0.2) is 66.8 Å². The Bertz CT molecular complexity index is 1780. The fourth-order valence-corrected chi connectivity index (χ4v) is 6.60. The number of carboxylic acids is 1. The molecule has 46 heavy (non-hydrogen) atoms. The monoisotopic (exact) mass is 629 g/mol. The molecule has 4 aromatic rings. The third-order valence-corrected chi connectivity index (χ3v) is 8.71. The molecule has 0 amide bonds. The van der Waals surface area contributed by atoms with E-state index in [1.807, 2.05) is 24.3 Å². The molecular formula is C33H31N3O10. The highest BCUT2D eigenvalue weighted by Crippen LogP contribution is 2.56.